The van der Waals surface area contributed by atoms with Gasteiger partial charge in [0.2, 0.25) is 0 Å². The van der Waals surface area contributed by atoms with Gasteiger partial charge in [-0.15, -0.1) is 6.58 Å². The number of esters is 1. The molecule has 0 saturated carbocycles. The first-order chi connectivity index (χ1) is 8.20. The molecule has 0 spiro atoms. The van der Waals surface area contributed by atoms with Crippen LogP contribution in [0.15, 0.2) is 12.7 Å². The van der Waals surface area contributed by atoms with Crippen LogP contribution in [0.3, 0.4) is 0 Å². The van der Waals surface area contributed by atoms with E-state index in [1.807, 2.05) is 6.08 Å². The van der Waals surface area contributed by atoms with Crippen molar-refractivity contribution >= 4 is 5.97 Å². The summed E-state index contributed by atoms with van der Waals surface area (Å²) < 4.78 is 4.76. The van der Waals surface area contributed by atoms with Crippen molar-refractivity contribution in [1.29, 1.82) is 0 Å². The van der Waals surface area contributed by atoms with Gasteiger partial charge in [-0.25, -0.2) is 0 Å². The molecule has 0 heterocycles. The van der Waals surface area contributed by atoms with E-state index in [2.05, 4.69) is 6.58 Å². The Morgan fingerprint density at radius 3 is 2.41 bits per heavy atom. The van der Waals surface area contributed by atoms with Crippen molar-refractivity contribution in [2.24, 2.45) is 0 Å². The van der Waals surface area contributed by atoms with E-state index < -0.39 is 6.29 Å². The Morgan fingerprint density at radius 1 is 1.24 bits per heavy atom. The molecule has 100 valence electrons. The molecule has 1 N–H and O–H groups in total. The quantitative estimate of drug-likeness (QED) is 0.261. The van der Waals surface area contributed by atoms with Crippen molar-refractivity contribution in [1.82, 2.24) is 0 Å². The van der Waals surface area contributed by atoms with Crippen molar-refractivity contribution in [3.05, 3.63) is 12.7 Å². The van der Waals surface area contributed by atoms with Crippen molar-refractivity contribution in [2.45, 2.75) is 71.0 Å². The number of aliphatic hydroxyl groups is 1. The van der Waals surface area contributed by atoms with E-state index in [0.717, 1.165) is 19.3 Å². The summed E-state index contributed by atoms with van der Waals surface area (Å²) in [7, 11) is 0. The van der Waals surface area contributed by atoms with Crippen molar-refractivity contribution in [3.8, 4) is 0 Å². The first-order valence-corrected chi connectivity index (χ1v) is 6.69. The van der Waals surface area contributed by atoms with Gasteiger partial charge >= 0.3 is 5.97 Å². The summed E-state index contributed by atoms with van der Waals surface area (Å²) in [5.41, 5.74) is 0. The van der Waals surface area contributed by atoms with Gasteiger partial charge in [-0.3, -0.25) is 4.79 Å². The molecule has 17 heavy (non-hydrogen) atoms. The van der Waals surface area contributed by atoms with Crippen LogP contribution in [0.5, 0.6) is 0 Å². The highest BCUT2D eigenvalue weighted by Gasteiger charge is 2.07. The highest BCUT2D eigenvalue weighted by Crippen LogP contribution is 2.09. The number of unbranched alkanes of at least 4 members (excludes halogenated alkanes) is 6. The van der Waals surface area contributed by atoms with Gasteiger partial charge in [-0.2, -0.15) is 0 Å². The standard InChI is InChI=1S/C14H26O3/c1-3-5-6-7-8-9-10-11-12-14(16)17-13(15)4-2/h3,13,15H,1,4-12H2,2H3. The minimum atomic E-state index is -0.929. The van der Waals surface area contributed by atoms with Crippen molar-refractivity contribution in [3.63, 3.8) is 0 Å². The third kappa shape index (κ3) is 11.4. The van der Waals surface area contributed by atoms with Crippen LogP contribution in [-0.2, 0) is 9.53 Å². The highest BCUT2D eigenvalue weighted by molar-refractivity contribution is 5.69. The maximum Gasteiger partial charge on any atom is 0.308 e. The van der Waals surface area contributed by atoms with Crippen LogP contribution in [0.4, 0.5) is 0 Å². The van der Waals surface area contributed by atoms with Crippen LogP contribution in [0.25, 0.3) is 0 Å². The third-order valence-corrected chi connectivity index (χ3v) is 2.66. The molecule has 0 aromatic heterocycles. The zero-order valence-corrected chi connectivity index (χ0v) is 11.0. The van der Waals surface area contributed by atoms with Gasteiger partial charge in [0.05, 0.1) is 0 Å². The molecule has 0 aromatic carbocycles. The van der Waals surface area contributed by atoms with Gasteiger partial charge in [0.15, 0.2) is 6.29 Å². The largest absolute Gasteiger partial charge is 0.436 e. The number of aliphatic hydroxyl groups excluding tert-OH is 1. The van der Waals surface area contributed by atoms with Gasteiger partial charge in [0.25, 0.3) is 0 Å². The predicted octanol–water partition coefficient (Wildman–Crippen LogP) is 3.56. The molecule has 3 nitrogen and oxygen atoms in total. The number of rotatable bonds is 11. The maximum absolute atomic E-state index is 11.2. The molecule has 0 aromatic rings. The van der Waals surface area contributed by atoms with E-state index in [9.17, 15) is 4.79 Å². The normalized spacial score (nSPS) is 12.1. The fraction of sp³-hybridized carbons (Fsp3) is 0.786. The molecule has 1 atom stereocenters. The molecule has 0 radical (unpaired) electrons. The number of ether oxygens (including phenoxy) is 1. The van der Waals surface area contributed by atoms with Crippen LogP contribution >= 0.6 is 0 Å². The summed E-state index contributed by atoms with van der Waals surface area (Å²) in [5.74, 6) is -0.286. The lowest BCUT2D eigenvalue weighted by molar-refractivity contribution is -0.168. The molecular formula is C14H26O3. The first-order valence-electron chi connectivity index (χ1n) is 6.69. The summed E-state index contributed by atoms with van der Waals surface area (Å²) in [4.78, 5) is 11.2. The third-order valence-electron chi connectivity index (χ3n) is 2.66. The summed E-state index contributed by atoms with van der Waals surface area (Å²) in [6, 6.07) is 0. The Kier molecular flexibility index (Phi) is 11.1. The molecule has 0 fully saturated rings. The number of hydrogen-bond donors (Lipinski definition) is 1. The Bertz CT molecular complexity index is 202. The van der Waals surface area contributed by atoms with E-state index in [-0.39, 0.29) is 5.97 Å². The highest BCUT2D eigenvalue weighted by atomic mass is 16.6. The van der Waals surface area contributed by atoms with E-state index in [0.29, 0.717) is 12.8 Å². The second-order valence-corrected chi connectivity index (χ2v) is 4.30. The smallest absolute Gasteiger partial charge is 0.308 e. The number of hydrogen-bond acceptors (Lipinski definition) is 3. The second-order valence-electron chi connectivity index (χ2n) is 4.30. The number of carbonyl (C=O) groups excluding carboxylic acids is 1. The van der Waals surface area contributed by atoms with E-state index in [1.54, 1.807) is 6.92 Å². The van der Waals surface area contributed by atoms with Crippen LogP contribution in [0.1, 0.15) is 64.7 Å². The van der Waals surface area contributed by atoms with Crippen LogP contribution < -0.4 is 0 Å². The molecule has 0 amide bonds. The molecule has 0 saturated heterocycles. The minimum absolute atomic E-state index is 0.286. The minimum Gasteiger partial charge on any atom is -0.436 e. The maximum atomic E-state index is 11.2. The Hall–Kier alpha value is -0.830. The number of carbonyl (C=O) groups is 1. The average molecular weight is 242 g/mol. The van der Waals surface area contributed by atoms with E-state index in [4.69, 9.17) is 9.84 Å². The average Bonchev–Trinajstić information content (AvgIpc) is 2.32. The van der Waals surface area contributed by atoms with E-state index in [1.165, 1.54) is 25.7 Å². The topological polar surface area (TPSA) is 46.5 Å². The van der Waals surface area contributed by atoms with Gasteiger partial charge < -0.3 is 9.84 Å². The van der Waals surface area contributed by atoms with Crippen LogP contribution in [0, 0.1) is 0 Å². The predicted molar refractivity (Wildman–Crippen MR) is 69.5 cm³/mol. The monoisotopic (exact) mass is 242 g/mol. The van der Waals surface area contributed by atoms with Crippen molar-refractivity contribution < 1.29 is 14.6 Å². The van der Waals surface area contributed by atoms with Crippen molar-refractivity contribution in [2.75, 3.05) is 0 Å². The zero-order valence-electron chi connectivity index (χ0n) is 11.0. The summed E-state index contributed by atoms with van der Waals surface area (Å²) in [5, 5.41) is 9.10. The first kappa shape index (κ1) is 16.2. The number of allylic oxidation sites excluding steroid dienone is 1. The molecule has 0 aliphatic heterocycles. The van der Waals surface area contributed by atoms with Gasteiger partial charge in [-0.1, -0.05) is 38.7 Å². The Morgan fingerprint density at radius 2 is 1.82 bits per heavy atom. The second kappa shape index (κ2) is 11.6. The van der Waals surface area contributed by atoms with E-state index >= 15 is 0 Å². The molecule has 0 bridgehead atoms. The van der Waals surface area contributed by atoms with Gasteiger partial charge in [0.1, 0.15) is 0 Å². The molecular weight excluding hydrogens is 216 g/mol. The van der Waals surface area contributed by atoms with Gasteiger partial charge in [-0.05, 0) is 19.3 Å². The summed E-state index contributed by atoms with van der Waals surface area (Å²) >= 11 is 0. The lowest BCUT2D eigenvalue weighted by atomic mass is 10.1. The summed E-state index contributed by atoms with van der Waals surface area (Å²) in [6.45, 7) is 5.47. The Balaban J connectivity index is 3.22. The summed E-state index contributed by atoms with van der Waals surface area (Å²) in [6.07, 6.45) is 9.76. The van der Waals surface area contributed by atoms with Crippen LogP contribution in [-0.4, -0.2) is 17.4 Å². The molecule has 0 rings (SSSR count). The molecule has 3 heteroatoms. The zero-order chi connectivity index (χ0) is 12.9. The molecule has 0 aliphatic carbocycles. The Labute approximate surface area is 105 Å². The molecule has 0 aliphatic rings. The van der Waals surface area contributed by atoms with Crippen LogP contribution in [0.2, 0.25) is 0 Å². The lowest BCUT2D eigenvalue weighted by Crippen LogP contribution is -2.16. The molecule has 1 unspecified atom stereocenters. The lowest BCUT2D eigenvalue weighted by Gasteiger charge is -2.09. The fourth-order valence-electron chi connectivity index (χ4n) is 1.56. The SMILES string of the molecule is C=CCCCCCCCCC(=O)OC(O)CC. The fourth-order valence-corrected chi connectivity index (χ4v) is 1.56. The van der Waals surface area contributed by atoms with Gasteiger partial charge in [0, 0.05) is 12.8 Å².